The zero-order valence-electron chi connectivity index (χ0n) is 12.7. The van der Waals surface area contributed by atoms with E-state index >= 15 is 0 Å². The molecule has 1 heterocycles. The summed E-state index contributed by atoms with van der Waals surface area (Å²) < 4.78 is 5.91. The van der Waals surface area contributed by atoms with Gasteiger partial charge in [0.1, 0.15) is 17.4 Å². The second kappa shape index (κ2) is 6.58. The maximum atomic E-state index is 5.91. The summed E-state index contributed by atoms with van der Waals surface area (Å²) >= 11 is 1.78. The molecular weight excluding hydrogens is 280 g/mol. The van der Waals surface area contributed by atoms with Gasteiger partial charge in [-0.05, 0) is 44.0 Å². The Morgan fingerprint density at radius 3 is 2.95 bits per heavy atom. The second-order valence-corrected chi connectivity index (χ2v) is 6.68. The molecule has 0 aliphatic heterocycles. The minimum absolute atomic E-state index is 0.571. The van der Waals surface area contributed by atoms with Crippen molar-refractivity contribution in [2.75, 3.05) is 7.05 Å². The number of benzene rings is 1. The lowest BCUT2D eigenvalue weighted by Crippen LogP contribution is -2.05. The molecule has 1 aromatic carbocycles. The number of aromatic nitrogens is 1. The molecule has 112 valence electrons. The van der Waals surface area contributed by atoms with Crippen molar-refractivity contribution < 1.29 is 4.74 Å². The Kier molecular flexibility index (Phi) is 4.56. The van der Waals surface area contributed by atoms with Crippen molar-refractivity contribution in [1.82, 2.24) is 10.3 Å². The molecule has 0 saturated heterocycles. The number of thiazole rings is 1. The van der Waals surface area contributed by atoms with Gasteiger partial charge in [-0.25, -0.2) is 4.98 Å². The fraction of sp³-hybridized carbons (Fsp3) is 0.471. The monoisotopic (exact) mass is 302 g/mol. The zero-order chi connectivity index (χ0) is 14.7. The number of aryl methyl sites for hydroxylation is 1. The second-order valence-electron chi connectivity index (χ2n) is 5.51. The maximum Gasteiger partial charge on any atom is 0.140 e. The van der Waals surface area contributed by atoms with Gasteiger partial charge in [-0.2, -0.15) is 0 Å². The molecule has 1 fully saturated rings. The first-order valence-electron chi connectivity index (χ1n) is 7.65. The molecule has 0 amide bonds. The topological polar surface area (TPSA) is 34.1 Å². The van der Waals surface area contributed by atoms with Crippen LogP contribution < -0.4 is 10.1 Å². The van der Waals surface area contributed by atoms with Gasteiger partial charge >= 0.3 is 0 Å². The summed E-state index contributed by atoms with van der Waals surface area (Å²) in [5.41, 5.74) is 2.61. The molecule has 1 N–H and O–H groups in total. The molecule has 1 aliphatic rings. The Labute approximate surface area is 130 Å². The Hall–Kier alpha value is -1.39. The Balaban J connectivity index is 1.68. The molecule has 0 radical (unpaired) electrons. The summed E-state index contributed by atoms with van der Waals surface area (Å²) in [6.07, 6.45) is 3.62. The molecule has 1 saturated carbocycles. The molecule has 3 nitrogen and oxygen atoms in total. The fourth-order valence-corrected chi connectivity index (χ4v) is 3.52. The van der Waals surface area contributed by atoms with E-state index in [4.69, 9.17) is 9.72 Å². The molecule has 3 rings (SSSR count). The van der Waals surface area contributed by atoms with Crippen LogP contribution in [0, 0.1) is 0 Å². The number of rotatable bonds is 7. The standard InChI is InChI=1S/C17H22N2OS/c1-3-12-5-4-6-14(9-12)20-11-16-19-17(13-7-8-13)15(21-16)10-18-2/h4-6,9,13,18H,3,7-8,10-11H2,1-2H3. The van der Waals surface area contributed by atoms with Crippen molar-refractivity contribution in [3.05, 3.63) is 45.4 Å². The van der Waals surface area contributed by atoms with Crippen molar-refractivity contribution in [2.45, 2.75) is 45.3 Å². The molecular formula is C17H22N2OS. The highest BCUT2D eigenvalue weighted by Crippen LogP contribution is 2.42. The number of nitrogens with one attached hydrogen (secondary N) is 1. The highest BCUT2D eigenvalue weighted by atomic mass is 32.1. The van der Waals surface area contributed by atoms with E-state index in [-0.39, 0.29) is 0 Å². The largest absolute Gasteiger partial charge is 0.486 e. The van der Waals surface area contributed by atoms with Crippen LogP contribution in [0.5, 0.6) is 5.75 Å². The Morgan fingerprint density at radius 2 is 2.24 bits per heavy atom. The van der Waals surface area contributed by atoms with Crippen LogP contribution in [-0.2, 0) is 19.6 Å². The highest BCUT2D eigenvalue weighted by Gasteiger charge is 2.29. The first-order valence-corrected chi connectivity index (χ1v) is 8.46. The van der Waals surface area contributed by atoms with Gasteiger partial charge in [0.2, 0.25) is 0 Å². The number of hydrogen-bond donors (Lipinski definition) is 1. The number of hydrogen-bond acceptors (Lipinski definition) is 4. The number of ether oxygens (including phenoxy) is 1. The summed E-state index contributed by atoms with van der Waals surface area (Å²) in [7, 11) is 1.99. The van der Waals surface area contributed by atoms with Gasteiger partial charge in [0.05, 0.1) is 5.69 Å². The molecule has 2 aromatic rings. The fourth-order valence-electron chi connectivity index (χ4n) is 2.44. The van der Waals surface area contributed by atoms with Crippen LogP contribution in [0.2, 0.25) is 0 Å². The molecule has 4 heteroatoms. The zero-order valence-corrected chi connectivity index (χ0v) is 13.5. The van der Waals surface area contributed by atoms with E-state index in [2.05, 4.69) is 30.4 Å². The minimum Gasteiger partial charge on any atom is -0.486 e. The van der Waals surface area contributed by atoms with E-state index in [0.717, 1.165) is 23.7 Å². The van der Waals surface area contributed by atoms with Crippen LogP contribution in [-0.4, -0.2) is 12.0 Å². The van der Waals surface area contributed by atoms with Gasteiger partial charge in [0, 0.05) is 17.3 Å². The van der Waals surface area contributed by atoms with Crippen LogP contribution in [0.15, 0.2) is 24.3 Å². The van der Waals surface area contributed by atoms with Crippen molar-refractivity contribution in [3.8, 4) is 5.75 Å². The van der Waals surface area contributed by atoms with Crippen molar-refractivity contribution in [3.63, 3.8) is 0 Å². The molecule has 21 heavy (non-hydrogen) atoms. The Bertz CT molecular complexity index is 605. The van der Waals surface area contributed by atoms with Crippen LogP contribution in [0.1, 0.15) is 46.8 Å². The van der Waals surface area contributed by atoms with Gasteiger partial charge in [0.25, 0.3) is 0 Å². The quantitative estimate of drug-likeness (QED) is 0.843. The smallest absolute Gasteiger partial charge is 0.140 e. The van der Waals surface area contributed by atoms with Crippen LogP contribution in [0.25, 0.3) is 0 Å². The van der Waals surface area contributed by atoms with E-state index in [1.165, 1.54) is 29.0 Å². The van der Waals surface area contributed by atoms with Crippen molar-refractivity contribution in [2.24, 2.45) is 0 Å². The molecule has 0 spiro atoms. The third-order valence-corrected chi connectivity index (χ3v) is 4.79. The third kappa shape index (κ3) is 3.63. The SMILES string of the molecule is CCc1cccc(OCc2nc(C3CC3)c(CNC)s2)c1. The van der Waals surface area contributed by atoms with Gasteiger partial charge in [-0.3, -0.25) is 0 Å². The van der Waals surface area contributed by atoms with Crippen molar-refractivity contribution in [1.29, 1.82) is 0 Å². The van der Waals surface area contributed by atoms with Gasteiger partial charge < -0.3 is 10.1 Å². The van der Waals surface area contributed by atoms with Gasteiger partial charge in [0.15, 0.2) is 0 Å². The first kappa shape index (κ1) is 14.5. The molecule has 0 bridgehead atoms. The van der Waals surface area contributed by atoms with Gasteiger partial charge in [-0.1, -0.05) is 19.1 Å². The average Bonchev–Trinajstić information content (AvgIpc) is 3.28. The summed E-state index contributed by atoms with van der Waals surface area (Å²) in [5.74, 6) is 1.63. The lowest BCUT2D eigenvalue weighted by atomic mass is 10.2. The summed E-state index contributed by atoms with van der Waals surface area (Å²) in [5, 5.41) is 4.33. The Morgan fingerprint density at radius 1 is 1.38 bits per heavy atom. The van der Waals surface area contributed by atoms with E-state index in [0.29, 0.717) is 12.5 Å². The molecule has 0 atom stereocenters. The predicted octanol–water partition coefficient (Wildman–Crippen LogP) is 3.88. The maximum absolute atomic E-state index is 5.91. The van der Waals surface area contributed by atoms with Crippen LogP contribution in [0.3, 0.4) is 0 Å². The van der Waals surface area contributed by atoms with E-state index in [9.17, 15) is 0 Å². The minimum atomic E-state index is 0.571. The normalized spacial score (nSPS) is 14.4. The summed E-state index contributed by atoms with van der Waals surface area (Å²) in [4.78, 5) is 6.18. The first-order chi connectivity index (χ1) is 10.3. The average molecular weight is 302 g/mol. The van der Waals surface area contributed by atoms with Crippen LogP contribution >= 0.6 is 11.3 Å². The third-order valence-electron chi connectivity index (χ3n) is 3.74. The van der Waals surface area contributed by atoms with Gasteiger partial charge in [-0.15, -0.1) is 11.3 Å². The van der Waals surface area contributed by atoms with E-state index in [1.54, 1.807) is 11.3 Å². The number of nitrogens with zero attached hydrogens (tertiary/aromatic N) is 1. The lowest BCUT2D eigenvalue weighted by molar-refractivity contribution is 0.305. The van der Waals surface area contributed by atoms with Crippen LogP contribution in [0.4, 0.5) is 0 Å². The summed E-state index contributed by atoms with van der Waals surface area (Å²) in [6, 6.07) is 8.32. The lowest BCUT2D eigenvalue weighted by Gasteiger charge is -2.05. The predicted molar refractivity (Wildman–Crippen MR) is 87.0 cm³/mol. The van der Waals surface area contributed by atoms with Crippen molar-refractivity contribution >= 4 is 11.3 Å². The summed E-state index contributed by atoms with van der Waals surface area (Å²) in [6.45, 7) is 3.64. The molecule has 1 aliphatic carbocycles. The highest BCUT2D eigenvalue weighted by molar-refractivity contribution is 7.11. The molecule has 1 aromatic heterocycles. The van der Waals surface area contributed by atoms with E-state index in [1.807, 2.05) is 13.1 Å². The van der Waals surface area contributed by atoms with E-state index < -0.39 is 0 Å². The molecule has 0 unspecified atom stereocenters.